The van der Waals surface area contributed by atoms with Crippen LogP contribution in [0.4, 0.5) is 10.7 Å². The van der Waals surface area contributed by atoms with E-state index in [9.17, 15) is 10.1 Å². The average molecular weight is 292 g/mol. The highest BCUT2D eigenvalue weighted by molar-refractivity contribution is 7.15. The first-order valence-corrected chi connectivity index (χ1v) is 6.90. The van der Waals surface area contributed by atoms with Crippen LogP contribution >= 0.6 is 11.3 Å². The summed E-state index contributed by atoms with van der Waals surface area (Å²) in [5.41, 5.74) is 0.894. The van der Waals surface area contributed by atoms with Crippen LogP contribution in [-0.4, -0.2) is 18.1 Å². The SMILES string of the molecule is O=[N+]([O-])c1ccc(CNc2ccc3c(c2)OCCO3)s1. The average Bonchev–Trinajstić information content (AvgIpc) is 2.94. The Kier molecular flexibility index (Phi) is 3.42. The van der Waals surface area contributed by atoms with E-state index in [-0.39, 0.29) is 9.92 Å². The van der Waals surface area contributed by atoms with Gasteiger partial charge in [-0.3, -0.25) is 10.1 Å². The van der Waals surface area contributed by atoms with Crippen molar-refractivity contribution in [3.05, 3.63) is 45.3 Å². The lowest BCUT2D eigenvalue weighted by atomic mass is 10.2. The molecule has 0 radical (unpaired) electrons. The molecule has 1 N–H and O–H groups in total. The molecule has 0 spiro atoms. The Hall–Kier alpha value is -2.28. The second-order valence-electron chi connectivity index (χ2n) is 4.21. The monoisotopic (exact) mass is 292 g/mol. The molecule has 0 amide bonds. The molecule has 0 aliphatic carbocycles. The Labute approximate surface area is 119 Å². The van der Waals surface area contributed by atoms with Crippen LogP contribution in [0.15, 0.2) is 30.3 Å². The Balaban J connectivity index is 1.67. The van der Waals surface area contributed by atoms with E-state index in [2.05, 4.69) is 5.32 Å². The predicted octanol–water partition coefficient (Wildman–Crippen LogP) is 3.04. The highest BCUT2D eigenvalue weighted by atomic mass is 32.1. The number of thiophene rings is 1. The zero-order valence-electron chi connectivity index (χ0n) is 10.5. The van der Waals surface area contributed by atoms with Crippen LogP contribution < -0.4 is 14.8 Å². The van der Waals surface area contributed by atoms with E-state index in [4.69, 9.17) is 9.47 Å². The van der Waals surface area contributed by atoms with Gasteiger partial charge >= 0.3 is 5.00 Å². The number of benzene rings is 1. The number of rotatable bonds is 4. The Morgan fingerprint density at radius 2 is 2.00 bits per heavy atom. The molecule has 0 unspecified atom stereocenters. The maximum atomic E-state index is 10.6. The summed E-state index contributed by atoms with van der Waals surface area (Å²) in [4.78, 5) is 11.1. The van der Waals surface area contributed by atoms with Gasteiger partial charge in [-0.05, 0) is 18.2 Å². The van der Waals surface area contributed by atoms with Crippen molar-refractivity contribution in [2.45, 2.75) is 6.54 Å². The van der Waals surface area contributed by atoms with Gasteiger partial charge in [-0.1, -0.05) is 11.3 Å². The number of nitrogens with zero attached hydrogens (tertiary/aromatic N) is 1. The van der Waals surface area contributed by atoms with Crippen molar-refractivity contribution in [3.63, 3.8) is 0 Å². The molecule has 1 aliphatic heterocycles. The first-order valence-electron chi connectivity index (χ1n) is 6.09. The van der Waals surface area contributed by atoms with Crippen molar-refractivity contribution >= 4 is 22.0 Å². The summed E-state index contributed by atoms with van der Waals surface area (Å²) in [5, 5.41) is 14.0. The normalized spacial score (nSPS) is 13.0. The second-order valence-corrected chi connectivity index (χ2v) is 5.36. The number of ether oxygens (including phenoxy) is 2. The third-order valence-electron chi connectivity index (χ3n) is 2.84. The Bertz CT molecular complexity index is 641. The summed E-state index contributed by atoms with van der Waals surface area (Å²) in [6, 6.07) is 8.90. The summed E-state index contributed by atoms with van der Waals surface area (Å²) < 4.78 is 10.9. The lowest BCUT2D eigenvalue weighted by Crippen LogP contribution is -2.15. The molecular weight excluding hydrogens is 280 g/mol. The minimum Gasteiger partial charge on any atom is -0.486 e. The van der Waals surface area contributed by atoms with Crippen LogP contribution in [-0.2, 0) is 6.54 Å². The minimum absolute atomic E-state index is 0.156. The smallest absolute Gasteiger partial charge is 0.324 e. The van der Waals surface area contributed by atoms with Crippen molar-refractivity contribution in [1.82, 2.24) is 0 Å². The van der Waals surface area contributed by atoms with E-state index in [0.717, 1.165) is 22.1 Å². The third kappa shape index (κ3) is 2.67. The van der Waals surface area contributed by atoms with Crippen LogP contribution in [0.5, 0.6) is 11.5 Å². The topological polar surface area (TPSA) is 73.6 Å². The van der Waals surface area contributed by atoms with E-state index < -0.39 is 0 Å². The van der Waals surface area contributed by atoms with Crippen LogP contribution in [0, 0.1) is 10.1 Å². The fourth-order valence-electron chi connectivity index (χ4n) is 1.90. The highest BCUT2D eigenvalue weighted by Gasteiger charge is 2.12. The number of hydrogen-bond donors (Lipinski definition) is 1. The molecule has 104 valence electrons. The summed E-state index contributed by atoms with van der Waals surface area (Å²) in [6.07, 6.45) is 0. The summed E-state index contributed by atoms with van der Waals surface area (Å²) in [6.45, 7) is 1.66. The summed E-state index contributed by atoms with van der Waals surface area (Å²) in [5.74, 6) is 1.46. The summed E-state index contributed by atoms with van der Waals surface area (Å²) in [7, 11) is 0. The number of hydrogen-bond acceptors (Lipinski definition) is 6. The molecule has 2 heterocycles. The number of anilines is 1. The van der Waals surface area contributed by atoms with Crippen LogP contribution in [0.1, 0.15) is 4.88 Å². The summed E-state index contributed by atoms with van der Waals surface area (Å²) >= 11 is 1.17. The second kappa shape index (κ2) is 5.38. The quantitative estimate of drug-likeness (QED) is 0.692. The van der Waals surface area contributed by atoms with Crippen molar-refractivity contribution in [1.29, 1.82) is 0 Å². The number of nitro groups is 1. The first kappa shape index (κ1) is 12.7. The van der Waals surface area contributed by atoms with Crippen molar-refractivity contribution in [2.75, 3.05) is 18.5 Å². The number of nitrogens with one attached hydrogen (secondary N) is 1. The molecule has 20 heavy (non-hydrogen) atoms. The Morgan fingerprint density at radius 3 is 2.75 bits per heavy atom. The van der Waals surface area contributed by atoms with Gasteiger partial charge in [0.25, 0.3) is 0 Å². The molecule has 1 aromatic heterocycles. The van der Waals surface area contributed by atoms with Gasteiger partial charge in [0, 0.05) is 29.2 Å². The minimum atomic E-state index is -0.377. The van der Waals surface area contributed by atoms with Gasteiger partial charge in [0.05, 0.1) is 4.92 Å². The molecule has 2 aromatic rings. The lowest BCUT2D eigenvalue weighted by Gasteiger charge is -2.19. The molecule has 0 atom stereocenters. The van der Waals surface area contributed by atoms with E-state index in [1.165, 1.54) is 17.4 Å². The molecule has 7 heteroatoms. The number of fused-ring (bicyclic) bond motifs is 1. The van der Waals surface area contributed by atoms with E-state index in [1.807, 2.05) is 18.2 Å². The van der Waals surface area contributed by atoms with Gasteiger partial charge < -0.3 is 14.8 Å². The lowest BCUT2D eigenvalue weighted by molar-refractivity contribution is -0.380. The molecule has 6 nitrogen and oxygen atoms in total. The van der Waals surface area contributed by atoms with E-state index in [0.29, 0.717) is 19.8 Å². The Morgan fingerprint density at radius 1 is 1.20 bits per heavy atom. The highest BCUT2D eigenvalue weighted by Crippen LogP contribution is 2.33. The molecule has 3 rings (SSSR count). The van der Waals surface area contributed by atoms with Crippen LogP contribution in [0.2, 0.25) is 0 Å². The van der Waals surface area contributed by atoms with Crippen molar-refractivity contribution in [2.24, 2.45) is 0 Å². The van der Waals surface area contributed by atoms with Crippen molar-refractivity contribution in [3.8, 4) is 11.5 Å². The predicted molar refractivity (Wildman–Crippen MR) is 75.7 cm³/mol. The molecule has 1 aromatic carbocycles. The molecular formula is C13H12N2O4S. The van der Waals surface area contributed by atoms with Gasteiger partial charge in [0.2, 0.25) is 0 Å². The fraction of sp³-hybridized carbons (Fsp3) is 0.231. The van der Waals surface area contributed by atoms with Gasteiger partial charge in [-0.15, -0.1) is 0 Å². The standard InChI is InChI=1S/C13H12N2O4S/c16-15(17)13-4-2-10(20-13)8-14-9-1-3-11-12(7-9)19-6-5-18-11/h1-4,7,14H,5-6,8H2. The molecule has 0 bridgehead atoms. The third-order valence-corrected chi connectivity index (χ3v) is 3.87. The van der Waals surface area contributed by atoms with Gasteiger partial charge in [0.15, 0.2) is 11.5 Å². The molecule has 0 saturated carbocycles. The van der Waals surface area contributed by atoms with E-state index >= 15 is 0 Å². The van der Waals surface area contributed by atoms with Gasteiger partial charge in [-0.25, -0.2) is 0 Å². The van der Waals surface area contributed by atoms with E-state index in [1.54, 1.807) is 6.07 Å². The maximum Gasteiger partial charge on any atom is 0.324 e. The zero-order valence-corrected chi connectivity index (χ0v) is 11.3. The van der Waals surface area contributed by atoms with Crippen LogP contribution in [0.3, 0.4) is 0 Å². The van der Waals surface area contributed by atoms with Gasteiger partial charge in [0.1, 0.15) is 13.2 Å². The molecule has 0 fully saturated rings. The molecule has 1 aliphatic rings. The largest absolute Gasteiger partial charge is 0.486 e. The zero-order chi connectivity index (χ0) is 13.9. The van der Waals surface area contributed by atoms with Gasteiger partial charge in [-0.2, -0.15) is 0 Å². The van der Waals surface area contributed by atoms with Crippen molar-refractivity contribution < 1.29 is 14.4 Å². The van der Waals surface area contributed by atoms with Crippen LogP contribution in [0.25, 0.3) is 0 Å². The maximum absolute atomic E-state index is 10.6. The fourth-order valence-corrected chi connectivity index (χ4v) is 2.66. The first-order chi connectivity index (χ1) is 9.72. The molecule has 0 saturated heterocycles.